The molecule has 0 atom stereocenters. The third-order valence-corrected chi connectivity index (χ3v) is 24.0. The maximum Gasteiger partial charge on any atom is 0.348 e. The molecule has 5 aromatic carbocycles. The minimum atomic E-state index is -1.18. The quantitative estimate of drug-likeness (QED) is 0.0395. The summed E-state index contributed by atoms with van der Waals surface area (Å²) in [5.74, 6) is -1.91. The normalized spacial score (nSPS) is 13.7. The van der Waals surface area contributed by atoms with Gasteiger partial charge in [-0.15, -0.1) is 45.3 Å². The predicted octanol–water partition coefficient (Wildman–Crippen LogP) is 16.7. The molecule has 0 spiro atoms. The number of rotatable bonds is 18. The number of carbonyl (C=O) groups is 8. The summed E-state index contributed by atoms with van der Waals surface area (Å²) in [6.07, 6.45) is 5.04. The van der Waals surface area contributed by atoms with E-state index < -0.39 is 59.6 Å². The fraction of sp³-hybridized carbons (Fsp3) is 0.151. The van der Waals surface area contributed by atoms with E-state index in [1.54, 1.807) is 42.5 Å². The number of aromatic nitrogens is 8. The number of carboxylic acid groups (broad SMARTS) is 3. The number of morpholine rings is 1. The molecule has 13 heterocycles. The number of ether oxygens (including phenoxy) is 7. The molecule has 9 amide bonds. The molecule has 18 rings (SSSR count). The van der Waals surface area contributed by atoms with Crippen LogP contribution in [0.15, 0.2) is 113 Å². The molecule has 8 aromatic heterocycles. The van der Waals surface area contributed by atoms with Crippen LogP contribution in [0.5, 0.6) is 34.5 Å². The Morgan fingerprint density at radius 1 is 0.479 bits per heavy atom. The fourth-order valence-corrected chi connectivity index (χ4v) is 17.9. The monoisotopic (exact) mass is 1860 g/mol. The van der Waals surface area contributed by atoms with Crippen LogP contribution in [-0.2, 0) is 4.74 Å². The van der Waals surface area contributed by atoms with Gasteiger partial charge in [0.15, 0.2) is 46.3 Å². The van der Waals surface area contributed by atoms with E-state index >= 15 is 0 Å². The summed E-state index contributed by atoms with van der Waals surface area (Å²) in [6, 6.07) is 17.4. The van der Waals surface area contributed by atoms with E-state index in [0.717, 1.165) is 88.0 Å². The molecule has 119 heavy (non-hydrogen) atoms. The summed E-state index contributed by atoms with van der Waals surface area (Å²) in [6.45, 7) is 4.44. The van der Waals surface area contributed by atoms with E-state index in [4.69, 9.17) is 56.4 Å². The van der Waals surface area contributed by atoms with Gasteiger partial charge in [0.25, 0.3) is 5.91 Å². The van der Waals surface area contributed by atoms with Crippen LogP contribution in [0.1, 0.15) is 38.7 Å². The number of benzene rings is 5. The zero-order chi connectivity index (χ0) is 84.1. The number of thiophene rings is 4. The van der Waals surface area contributed by atoms with Gasteiger partial charge in [0.05, 0.1) is 126 Å². The molecule has 13 aromatic rings. The first-order valence-corrected chi connectivity index (χ1v) is 39.8. The van der Waals surface area contributed by atoms with Crippen molar-refractivity contribution in [3.05, 3.63) is 154 Å². The maximum absolute atomic E-state index is 14.8. The Balaban J connectivity index is 0.000000127. The minimum Gasteiger partial charge on any atom is -0.495 e. The lowest BCUT2D eigenvalue weighted by Gasteiger charge is -2.28. The second kappa shape index (κ2) is 33.7. The second-order valence-corrected chi connectivity index (χ2v) is 31.5. The van der Waals surface area contributed by atoms with Gasteiger partial charge in [0.2, 0.25) is 5.75 Å². The molecule has 5 aliphatic heterocycles. The highest BCUT2D eigenvalue weighted by Crippen LogP contribution is 2.52. The van der Waals surface area contributed by atoms with Gasteiger partial charge in [-0.3, -0.25) is 9.69 Å². The summed E-state index contributed by atoms with van der Waals surface area (Å²) in [5.41, 5.74) is 1.97. The number of hydrogen-bond donors (Lipinski definition) is 8. The van der Waals surface area contributed by atoms with Crippen molar-refractivity contribution in [1.29, 1.82) is 0 Å². The lowest BCUT2D eigenvalue weighted by Crippen LogP contribution is -2.38. The maximum atomic E-state index is 14.8. The fourth-order valence-electron chi connectivity index (χ4n) is 12.9. The molecule has 1 fully saturated rings. The number of anilines is 13. The number of halogens is 6. The third kappa shape index (κ3) is 15.4. The first kappa shape index (κ1) is 81.5. The number of nitrogens with one attached hydrogen (secondary N) is 5. The molecule has 46 heteroatoms. The highest BCUT2D eigenvalue weighted by Gasteiger charge is 2.40. The molecule has 608 valence electrons. The summed E-state index contributed by atoms with van der Waals surface area (Å²) in [4.78, 5) is 141. The van der Waals surface area contributed by atoms with E-state index in [-0.39, 0.29) is 86.9 Å². The summed E-state index contributed by atoms with van der Waals surface area (Å²) >= 11 is 22.7. The van der Waals surface area contributed by atoms with Crippen molar-refractivity contribution in [1.82, 2.24) is 44.8 Å². The molecule has 0 saturated carbocycles. The van der Waals surface area contributed by atoms with E-state index in [2.05, 4.69) is 103 Å². The molecule has 8 N–H and O–H groups in total. The van der Waals surface area contributed by atoms with Crippen LogP contribution in [0.2, 0.25) is 10.0 Å². The topological polar surface area (TPSA) is 441 Å². The van der Waals surface area contributed by atoms with Gasteiger partial charge in [-0.05, 0) is 54.6 Å². The average molecular weight is 1870 g/mol. The van der Waals surface area contributed by atoms with Crippen molar-refractivity contribution >= 4 is 264 Å². The number of hydrogen-bond acceptors (Lipinski definition) is 28. The van der Waals surface area contributed by atoms with Crippen molar-refractivity contribution < 1.29 is 95.6 Å². The van der Waals surface area contributed by atoms with Crippen molar-refractivity contribution in [2.75, 3.05) is 121 Å². The Kier molecular flexibility index (Phi) is 23.1. The van der Waals surface area contributed by atoms with Gasteiger partial charge in [-0.25, -0.2) is 102 Å². The van der Waals surface area contributed by atoms with Crippen molar-refractivity contribution in [3.63, 3.8) is 0 Å². The first-order chi connectivity index (χ1) is 57.3. The Bertz CT molecular complexity index is 6400. The molecule has 0 unspecified atom stereocenters. The molecule has 0 radical (unpaired) electrons. The van der Waals surface area contributed by atoms with Crippen LogP contribution >= 0.6 is 100 Å². The number of methoxy groups -OCH3 is 5. The predicted molar refractivity (Wildman–Crippen MR) is 446 cm³/mol. The smallest absolute Gasteiger partial charge is 0.348 e. The number of carboxylic acids is 3. The Labute approximate surface area is 709 Å². The molecule has 5 aliphatic rings. The van der Waals surface area contributed by atoms with E-state index in [0.29, 0.717) is 108 Å². The van der Waals surface area contributed by atoms with E-state index in [9.17, 15) is 62.5 Å². The zero-order valence-electron chi connectivity index (χ0n) is 61.2. The lowest BCUT2D eigenvalue weighted by molar-refractivity contribution is 0.0321. The standard InChI is InChI=1S/C27H24BrFN6O5S.C17H14N4O6S.C15H8Cl2N4O4S.C14H6BrFN4O3S/c1-38-20-13-16(3-5-19(20)40-11-8-34-6-9-39-10-7-34)32-25(36)23-22-21-24(30-14-31-26(21)41-23)35(27(37)33-22)18-4-2-15(28)12-17(18)29;1-25-8-4-7(5-9(26-2)12(8)27-3)21-14-10-11(20-17(21)24)13(16(22)23)28-15(10)19-6-18-14;1-25-8-3-7(5(16)2-6(8)17)21-12-9-10(20-15(21)24)11(14(22)23)26-13(9)19-4-18-12;15-5-1-2-7(6(16)3-5)20-11-8-9(19-14(20)23)10(13(21)22)24-12(8)18-4-17-11/h2-5,12-14H,6-11H2,1H3,(H,32,36)(H,33,37);4-6H,1-3H3,(H,20,24)(H,22,23);2-4H,1H3,(H,20,24)(H,22,23);1-4H,(H,19,23)(H,21,22). The van der Waals surface area contributed by atoms with Crippen LogP contribution in [0.25, 0.3) is 40.9 Å². The van der Waals surface area contributed by atoms with Crippen molar-refractivity contribution in [2.45, 2.75) is 0 Å². The molecular weight excluding hydrogens is 1810 g/mol. The van der Waals surface area contributed by atoms with Crippen LogP contribution in [0, 0.1) is 11.6 Å². The van der Waals surface area contributed by atoms with Gasteiger partial charge >= 0.3 is 42.0 Å². The highest BCUT2D eigenvalue weighted by atomic mass is 79.9. The van der Waals surface area contributed by atoms with Crippen molar-refractivity contribution in [2.24, 2.45) is 0 Å². The number of nitrogens with zero attached hydrogens (tertiary/aromatic N) is 13. The van der Waals surface area contributed by atoms with Crippen molar-refractivity contribution in [3.8, 4) is 34.5 Å². The van der Waals surface area contributed by atoms with Crippen LogP contribution in [-0.4, -0.2) is 183 Å². The van der Waals surface area contributed by atoms with Gasteiger partial charge < -0.3 is 75.1 Å². The largest absolute Gasteiger partial charge is 0.495 e. The van der Waals surface area contributed by atoms with Gasteiger partial charge in [-0.2, -0.15) is 0 Å². The molecular formula is C73H52Br2Cl2F2N18O18S4. The Morgan fingerprint density at radius 3 is 1.29 bits per heavy atom. The van der Waals surface area contributed by atoms with Crippen LogP contribution in [0.3, 0.4) is 0 Å². The van der Waals surface area contributed by atoms with Gasteiger partial charge in [0, 0.05) is 58.5 Å². The van der Waals surface area contributed by atoms with E-state index in [1.807, 2.05) is 0 Å². The summed E-state index contributed by atoms with van der Waals surface area (Å²) in [7, 11) is 7.38. The summed E-state index contributed by atoms with van der Waals surface area (Å²) < 4.78 is 68.2. The number of urea groups is 4. The Morgan fingerprint density at radius 2 is 0.882 bits per heavy atom. The minimum absolute atomic E-state index is 0.00410. The molecule has 36 nitrogen and oxygen atoms in total. The lowest BCUT2D eigenvalue weighted by atomic mass is 10.2. The second-order valence-electron chi connectivity index (χ2n) is 24.8. The molecule has 0 bridgehead atoms. The third-order valence-electron chi connectivity index (χ3n) is 18.1. The zero-order valence-corrected chi connectivity index (χ0v) is 69.2. The van der Waals surface area contributed by atoms with Gasteiger partial charge in [0.1, 0.15) is 88.1 Å². The van der Waals surface area contributed by atoms with Gasteiger partial charge in [-0.1, -0.05) is 55.1 Å². The number of carbonyl (C=O) groups excluding carboxylic acids is 5. The van der Waals surface area contributed by atoms with E-state index in [1.165, 1.54) is 107 Å². The number of aromatic carboxylic acids is 3. The average Bonchev–Trinajstić information content (AvgIpc) is 1.63. The SMILES string of the molecule is COc1cc(N2C(=O)Nc3c(C(=O)O)sc4ncnc2c34)c(Cl)cc1Cl.COc1cc(N2C(=O)Nc3c(C(=O)O)sc4ncnc2c34)cc(OC)c1OC.COc1cc(NC(=O)c2sc3ncnc4c3c2NC(=O)N4c2ccc(Br)cc2F)ccc1OCCN1CCOCC1.O=C(O)c1sc2ncnc3c2c1NC(=O)N3c1ccc(Br)cc1F. The first-order valence-electron chi connectivity index (χ1n) is 34.2. The van der Waals surface area contributed by atoms with Crippen LogP contribution in [0.4, 0.5) is 102 Å². The molecule has 0 aliphatic carbocycles. The van der Waals surface area contributed by atoms with Crippen LogP contribution < -0.4 is 74.6 Å². The number of amides is 9. The molecule has 1 saturated heterocycles. The Hall–Kier alpha value is -12.7. The summed E-state index contributed by atoms with van der Waals surface area (Å²) in [5, 5.41) is 43.6. The highest BCUT2D eigenvalue weighted by molar-refractivity contribution is 9.10.